The highest BCUT2D eigenvalue weighted by molar-refractivity contribution is 5.10. The van der Waals surface area contributed by atoms with Crippen LogP contribution in [0.1, 0.15) is 58.6 Å². The molecule has 20 heavy (non-hydrogen) atoms. The summed E-state index contributed by atoms with van der Waals surface area (Å²) in [6, 6.07) is 0.422. The molecule has 1 unspecified atom stereocenters. The molecule has 1 heterocycles. The fourth-order valence-electron chi connectivity index (χ4n) is 2.08. The maximum atomic E-state index is 5.63. The van der Waals surface area contributed by atoms with E-state index in [1.165, 1.54) is 5.56 Å². The van der Waals surface area contributed by atoms with Crippen molar-refractivity contribution in [3.05, 3.63) is 18.0 Å². The van der Waals surface area contributed by atoms with Crippen LogP contribution in [0.3, 0.4) is 0 Å². The molecule has 0 bridgehead atoms. The smallest absolute Gasteiger partial charge is 0.0662 e. The van der Waals surface area contributed by atoms with Gasteiger partial charge in [-0.05, 0) is 31.7 Å². The molecule has 0 aliphatic rings. The molecule has 1 atom stereocenters. The monoisotopic (exact) mass is 281 g/mol. The lowest BCUT2D eigenvalue weighted by atomic mass is 10.1. The molecule has 1 N–H and O–H groups in total. The Morgan fingerprint density at radius 1 is 1.30 bits per heavy atom. The number of hydrogen-bond acceptors (Lipinski definition) is 3. The summed E-state index contributed by atoms with van der Waals surface area (Å²) in [6.45, 7) is 12.3. The summed E-state index contributed by atoms with van der Waals surface area (Å²) in [7, 11) is 0. The van der Waals surface area contributed by atoms with Crippen molar-refractivity contribution < 1.29 is 4.74 Å². The highest BCUT2D eigenvalue weighted by Crippen LogP contribution is 2.15. The van der Waals surface area contributed by atoms with E-state index in [9.17, 15) is 0 Å². The first kappa shape index (κ1) is 17.2. The van der Waals surface area contributed by atoms with Crippen molar-refractivity contribution >= 4 is 0 Å². The molecule has 0 aromatic carbocycles. The van der Waals surface area contributed by atoms with Crippen LogP contribution in [0.15, 0.2) is 12.4 Å². The highest BCUT2D eigenvalue weighted by Gasteiger charge is 2.10. The Morgan fingerprint density at radius 2 is 2.10 bits per heavy atom. The van der Waals surface area contributed by atoms with E-state index in [0.29, 0.717) is 12.0 Å². The topological polar surface area (TPSA) is 39.1 Å². The molecule has 4 nitrogen and oxygen atoms in total. The quantitative estimate of drug-likeness (QED) is 0.632. The first-order valence-electron chi connectivity index (χ1n) is 8.00. The zero-order valence-corrected chi connectivity index (χ0v) is 13.6. The van der Waals surface area contributed by atoms with Crippen LogP contribution < -0.4 is 5.32 Å². The van der Waals surface area contributed by atoms with Gasteiger partial charge in [0, 0.05) is 24.4 Å². The van der Waals surface area contributed by atoms with E-state index >= 15 is 0 Å². The number of hydrogen-bond donors (Lipinski definition) is 1. The van der Waals surface area contributed by atoms with Crippen LogP contribution in [-0.2, 0) is 11.3 Å². The average molecular weight is 281 g/mol. The van der Waals surface area contributed by atoms with Gasteiger partial charge in [-0.15, -0.1) is 0 Å². The predicted octanol–water partition coefficient (Wildman–Crippen LogP) is 3.40. The van der Waals surface area contributed by atoms with Crippen LogP contribution in [0, 0.1) is 5.92 Å². The Labute approximate surface area is 123 Å². The third-order valence-electron chi connectivity index (χ3n) is 3.41. The SMILES string of the molecule is CCCNC(CC)c1cnn(CCOCCC(C)C)c1. The van der Waals surface area contributed by atoms with Gasteiger partial charge in [-0.3, -0.25) is 4.68 Å². The fourth-order valence-corrected chi connectivity index (χ4v) is 2.08. The van der Waals surface area contributed by atoms with E-state index in [-0.39, 0.29) is 0 Å². The molecule has 0 aliphatic carbocycles. The van der Waals surface area contributed by atoms with Crippen molar-refractivity contribution in [3.63, 3.8) is 0 Å². The summed E-state index contributed by atoms with van der Waals surface area (Å²) in [5, 5.41) is 7.98. The molecule has 0 fully saturated rings. The van der Waals surface area contributed by atoms with E-state index in [0.717, 1.165) is 45.6 Å². The van der Waals surface area contributed by atoms with Crippen molar-refractivity contribution in [2.45, 2.75) is 59.5 Å². The largest absolute Gasteiger partial charge is 0.380 e. The van der Waals surface area contributed by atoms with Crippen LogP contribution in [-0.4, -0.2) is 29.5 Å². The van der Waals surface area contributed by atoms with Crippen molar-refractivity contribution in [2.24, 2.45) is 5.92 Å². The number of ether oxygens (including phenoxy) is 1. The van der Waals surface area contributed by atoms with E-state index in [4.69, 9.17) is 4.74 Å². The molecule has 0 saturated carbocycles. The highest BCUT2D eigenvalue weighted by atomic mass is 16.5. The summed E-state index contributed by atoms with van der Waals surface area (Å²) in [5.41, 5.74) is 1.28. The summed E-state index contributed by atoms with van der Waals surface area (Å²) < 4.78 is 7.62. The van der Waals surface area contributed by atoms with E-state index in [2.05, 4.69) is 44.3 Å². The van der Waals surface area contributed by atoms with Gasteiger partial charge in [0.15, 0.2) is 0 Å². The Balaban J connectivity index is 2.31. The van der Waals surface area contributed by atoms with Crippen molar-refractivity contribution in [3.8, 4) is 0 Å². The molecule has 1 aromatic rings. The second kappa shape index (κ2) is 9.94. The minimum atomic E-state index is 0.422. The van der Waals surface area contributed by atoms with Crippen molar-refractivity contribution in [2.75, 3.05) is 19.8 Å². The lowest BCUT2D eigenvalue weighted by Gasteiger charge is -2.14. The summed E-state index contributed by atoms with van der Waals surface area (Å²) in [5.74, 6) is 0.709. The number of rotatable bonds is 11. The summed E-state index contributed by atoms with van der Waals surface area (Å²) >= 11 is 0. The predicted molar refractivity (Wildman–Crippen MR) is 83.8 cm³/mol. The Morgan fingerprint density at radius 3 is 2.75 bits per heavy atom. The van der Waals surface area contributed by atoms with E-state index in [1.807, 2.05) is 10.9 Å². The fraction of sp³-hybridized carbons (Fsp3) is 0.812. The number of aromatic nitrogens is 2. The lowest BCUT2D eigenvalue weighted by molar-refractivity contribution is 0.114. The van der Waals surface area contributed by atoms with E-state index in [1.54, 1.807) is 0 Å². The molecule has 116 valence electrons. The van der Waals surface area contributed by atoms with Gasteiger partial charge in [0.1, 0.15) is 0 Å². The molecule has 0 spiro atoms. The van der Waals surface area contributed by atoms with Gasteiger partial charge < -0.3 is 10.1 Å². The van der Waals surface area contributed by atoms with Gasteiger partial charge in [0.2, 0.25) is 0 Å². The summed E-state index contributed by atoms with van der Waals surface area (Å²) in [4.78, 5) is 0. The van der Waals surface area contributed by atoms with Crippen LogP contribution in [0.25, 0.3) is 0 Å². The third-order valence-corrected chi connectivity index (χ3v) is 3.41. The van der Waals surface area contributed by atoms with Gasteiger partial charge in [-0.2, -0.15) is 5.10 Å². The lowest BCUT2D eigenvalue weighted by Crippen LogP contribution is -2.21. The molecule has 0 aliphatic heterocycles. The van der Waals surface area contributed by atoms with Crippen LogP contribution in [0.5, 0.6) is 0 Å². The average Bonchev–Trinajstić information content (AvgIpc) is 2.88. The maximum absolute atomic E-state index is 5.63. The number of nitrogens with zero attached hydrogens (tertiary/aromatic N) is 2. The standard InChI is InChI=1S/C16H31N3O/c1-5-8-17-16(6-2)15-12-18-19(13-15)9-11-20-10-7-14(3)4/h12-14,16-17H,5-11H2,1-4H3. The maximum Gasteiger partial charge on any atom is 0.0662 e. The molecule has 0 radical (unpaired) electrons. The first-order valence-corrected chi connectivity index (χ1v) is 8.00. The third kappa shape index (κ3) is 6.53. The van der Waals surface area contributed by atoms with Gasteiger partial charge in [-0.1, -0.05) is 27.7 Å². The Kier molecular flexibility index (Phi) is 8.54. The molecule has 0 amide bonds. The van der Waals surface area contributed by atoms with Gasteiger partial charge in [0.05, 0.1) is 19.3 Å². The van der Waals surface area contributed by atoms with E-state index < -0.39 is 0 Å². The minimum absolute atomic E-state index is 0.422. The second-order valence-corrected chi connectivity index (χ2v) is 5.75. The molecule has 1 rings (SSSR count). The molecule has 0 saturated heterocycles. The Hall–Kier alpha value is -0.870. The van der Waals surface area contributed by atoms with Crippen LogP contribution in [0.2, 0.25) is 0 Å². The Bertz CT molecular complexity index is 349. The van der Waals surface area contributed by atoms with Crippen molar-refractivity contribution in [1.82, 2.24) is 15.1 Å². The minimum Gasteiger partial charge on any atom is -0.380 e. The van der Waals surface area contributed by atoms with Gasteiger partial charge >= 0.3 is 0 Å². The zero-order chi connectivity index (χ0) is 14.8. The zero-order valence-electron chi connectivity index (χ0n) is 13.6. The summed E-state index contributed by atoms with van der Waals surface area (Å²) in [6.07, 6.45) is 7.50. The van der Waals surface area contributed by atoms with Crippen LogP contribution >= 0.6 is 0 Å². The molecular weight excluding hydrogens is 250 g/mol. The molecular formula is C16H31N3O. The molecule has 1 aromatic heterocycles. The number of nitrogens with one attached hydrogen (secondary N) is 1. The molecule has 4 heteroatoms. The van der Waals surface area contributed by atoms with Gasteiger partial charge in [0.25, 0.3) is 0 Å². The normalized spacial score (nSPS) is 13.1. The van der Waals surface area contributed by atoms with Crippen molar-refractivity contribution in [1.29, 1.82) is 0 Å². The van der Waals surface area contributed by atoms with Crippen LogP contribution in [0.4, 0.5) is 0 Å². The van der Waals surface area contributed by atoms with Gasteiger partial charge in [-0.25, -0.2) is 0 Å². The first-order chi connectivity index (χ1) is 9.67. The second-order valence-electron chi connectivity index (χ2n) is 5.75.